The van der Waals surface area contributed by atoms with Crippen LogP contribution in [-0.4, -0.2) is 5.78 Å². The van der Waals surface area contributed by atoms with Gasteiger partial charge in [0.15, 0.2) is 5.78 Å². The largest absolute Gasteiger partial charge is 0.293 e. The highest BCUT2D eigenvalue weighted by molar-refractivity contribution is 7.14. The average molecular weight is 218 g/mol. The monoisotopic (exact) mass is 218 g/mol. The van der Waals surface area contributed by atoms with Gasteiger partial charge in [-0.05, 0) is 37.8 Å². The lowest BCUT2D eigenvalue weighted by Crippen LogP contribution is -1.94. The number of Topliss-reactive ketones (excluding diaryl/α,β-unsaturated/α-hetero) is 1. The van der Waals surface area contributed by atoms with E-state index in [0.29, 0.717) is 12.8 Å². The van der Waals surface area contributed by atoms with E-state index in [1.165, 1.54) is 23.3 Å². The van der Waals surface area contributed by atoms with Crippen LogP contribution in [0.1, 0.15) is 46.3 Å². The van der Waals surface area contributed by atoms with Crippen molar-refractivity contribution in [3.63, 3.8) is 0 Å². The predicted octanol–water partition coefficient (Wildman–Crippen LogP) is 3.22. The van der Waals surface area contributed by atoms with Crippen LogP contribution >= 0.6 is 11.3 Å². The van der Waals surface area contributed by atoms with Crippen LogP contribution in [0.25, 0.3) is 0 Å². The zero-order chi connectivity index (χ0) is 10.7. The molecule has 0 aromatic carbocycles. The molecule has 0 spiro atoms. The molecule has 1 aliphatic carbocycles. The quantitative estimate of drug-likeness (QED) is 0.562. The normalized spacial score (nSPS) is 13.1. The molecular weight excluding hydrogens is 204 g/mol. The van der Waals surface area contributed by atoms with Crippen LogP contribution in [0.4, 0.5) is 0 Å². The zero-order valence-corrected chi connectivity index (χ0v) is 9.75. The molecule has 0 N–H and O–H groups in total. The van der Waals surface area contributed by atoms with Gasteiger partial charge in [0.05, 0.1) is 4.88 Å². The van der Waals surface area contributed by atoms with Crippen molar-refractivity contribution < 1.29 is 4.79 Å². The Balaban J connectivity index is 2.02. The Hall–Kier alpha value is -1.07. The zero-order valence-electron chi connectivity index (χ0n) is 8.93. The van der Waals surface area contributed by atoms with Gasteiger partial charge in [0.2, 0.25) is 0 Å². The van der Waals surface area contributed by atoms with Crippen molar-refractivity contribution in [3.8, 4) is 11.8 Å². The van der Waals surface area contributed by atoms with Gasteiger partial charge < -0.3 is 0 Å². The SMILES string of the molecule is CC#CCCC(=O)c1cc2c(s1)CCC2. The first-order valence-electron chi connectivity index (χ1n) is 5.35. The molecule has 1 aliphatic rings. The summed E-state index contributed by atoms with van der Waals surface area (Å²) in [7, 11) is 0. The number of aryl methyl sites for hydroxylation is 2. The second-order valence-electron chi connectivity index (χ2n) is 3.76. The smallest absolute Gasteiger partial charge is 0.173 e. The lowest BCUT2D eigenvalue weighted by atomic mass is 10.1. The summed E-state index contributed by atoms with van der Waals surface area (Å²) in [6.07, 6.45) is 4.85. The third-order valence-electron chi connectivity index (χ3n) is 2.68. The molecule has 0 atom stereocenters. The lowest BCUT2D eigenvalue weighted by Gasteiger charge is -1.93. The third kappa shape index (κ3) is 2.30. The van der Waals surface area contributed by atoms with Crippen molar-refractivity contribution in [1.82, 2.24) is 0 Å². The average Bonchev–Trinajstić information content (AvgIpc) is 2.76. The second kappa shape index (κ2) is 4.63. The maximum absolute atomic E-state index is 11.8. The molecule has 0 unspecified atom stereocenters. The van der Waals surface area contributed by atoms with E-state index in [0.717, 1.165) is 11.3 Å². The number of carbonyl (C=O) groups is 1. The number of ketones is 1. The molecular formula is C13H14OS. The number of carbonyl (C=O) groups excluding carboxylic acids is 1. The number of fused-ring (bicyclic) bond motifs is 1. The fraction of sp³-hybridized carbons (Fsp3) is 0.462. The second-order valence-corrected chi connectivity index (χ2v) is 4.90. The molecule has 0 fully saturated rings. The van der Waals surface area contributed by atoms with Crippen LogP contribution in [-0.2, 0) is 12.8 Å². The van der Waals surface area contributed by atoms with Crippen LogP contribution in [0.3, 0.4) is 0 Å². The lowest BCUT2D eigenvalue weighted by molar-refractivity contribution is 0.0988. The molecule has 2 rings (SSSR count). The number of hydrogen-bond acceptors (Lipinski definition) is 2. The van der Waals surface area contributed by atoms with Gasteiger partial charge in [-0.25, -0.2) is 0 Å². The standard InChI is InChI=1S/C13H14OS/c1-2-3-4-7-11(14)13-9-10-6-5-8-12(10)15-13/h9H,4-8H2,1H3. The van der Waals surface area contributed by atoms with E-state index in [4.69, 9.17) is 0 Å². The van der Waals surface area contributed by atoms with Gasteiger partial charge in [0.1, 0.15) is 0 Å². The molecule has 1 aromatic heterocycles. The summed E-state index contributed by atoms with van der Waals surface area (Å²) in [6, 6.07) is 2.09. The minimum absolute atomic E-state index is 0.261. The van der Waals surface area contributed by atoms with Crippen molar-refractivity contribution in [2.45, 2.75) is 39.0 Å². The Morgan fingerprint density at radius 3 is 3.13 bits per heavy atom. The summed E-state index contributed by atoms with van der Waals surface area (Å²) >= 11 is 1.69. The molecule has 0 aliphatic heterocycles. The molecule has 1 heterocycles. The van der Waals surface area contributed by atoms with Crippen LogP contribution in [0, 0.1) is 11.8 Å². The third-order valence-corrected chi connectivity index (χ3v) is 3.95. The van der Waals surface area contributed by atoms with Crippen LogP contribution in [0.2, 0.25) is 0 Å². The first-order valence-corrected chi connectivity index (χ1v) is 6.17. The highest BCUT2D eigenvalue weighted by atomic mass is 32.1. The van der Waals surface area contributed by atoms with E-state index in [2.05, 4.69) is 17.9 Å². The van der Waals surface area contributed by atoms with Crippen molar-refractivity contribution >= 4 is 17.1 Å². The van der Waals surface area contributed by atoms with E-state index in [1.807, 2.05) is 6.92 Å². The van der Waals surface area contributed by atoms with Gasteiger partial charge in [-0.1, -0.05) is 0 Å². The van der Waals surface area contributed by atoms with Crippen molar-refractivity contribution in [2.75, 3.05) is 0 Å². The van der Waals surface area contributed by atoms with Crippen molar-refractivity contribution in [3.05, 3.63) is 21.4 Å². The molecule has 0 radical (unpaired) electrons. The van der Waals surface area contributed by atoms with E-state index in [-0.39, 0.29) is 5.78 Å². The summed E-state index contributed by atoms with van der Waals surface area (Å²) in [4.78, 5) is 14.1. The van der Waals surface area contributed by atoms with Gasteiger partial charge in [-0.15, -0.1) is 23.2 Å². The van der Waals surface area contributed by atoms with Crippen molar-refractivity contribution in [2.24, 2.45) is 0 Å². The van der Waals surface area contributed by atoms with Crippen LogP contribution in [0.15, 0.2) is 6.07 Å². The van der Waals surface area contributed by atoms with E-state index in [1.54, 1.807) is 11.3 Å². The Morgan fingerprint density at radius 2 is 2.40 bits per heavy atom. The van der Waals surface area contributed by atoms with Crippen LogP contribution in [0.5, 0.6) is 0 Å². The summed E-state index contributed by atoms with van der Waals surface area (Å²) in [5, 5.41) is 0. The van der Waals surface area contributed by atoms with Gasteiger partial charge in [-0.3, -0.25) is 4.79 Å². The Bertz CT molecular complexity index is 410. The number of hydrogen-bond donors (Lipinski definition) is 0. The molecule has 1 aromatic rings. The fourth-order valence-electron chi connectivity index (χ4n) is 1.89. The first kappa shape index (κ1) is 10.4. The van der Waals surface area contributed by atoms with E-state index < -0.39 is 0 Å². The molecule has 0 amide bonds. The van der Waals surface area contributed by atoms with Gasteiger partial charge >= 0.3 is 0 Å². The molecule has 2 heteroatoms. The maximum atomic E-state index is 11.8. The van der Waals surface area contributed by atoms with Crippen LogP contribution < -0.4 is 0 Å². The molecule has 0 saturated heterocycles. The summed E-state index contributed by atoms with van der Waals surface area (Å²) in [6.45, 7) is 1.81. The molecule has 0 bridgehead atoms. The van der Waals surface area contributed by atoms with Gasteiger partial charge in [0, 0.05) is 17.7 Å². The maximum Gasteiger partial charge on any atom is 0.173 e. The summed E-state index contributed by atoms with van der Waals surface area (Å²) < 4.78 is 0. The molecule has 15 heavy (non-hydrogen) atoms. The summed E-state index contributed by atoms with van der Waals surface area (Å²) in [5.74, 6) is 6.01. The number of rotatable bonds is 3. The Labute approximate surface area is 94.5 Å². The minimum atomic E-state index is 0.261. The van der Waals surface area contributed by atoms with Gasteiger partial charge in [-0.2, -0.15) is 0 Å². The van der Waals surface area contributed by atoms with Gasteiger partial charge in [0.25, 0.3) is 0 Å². The molecule has 1 nitrogen and oxygen atoms in total. The minimum Gasteiger partial charge on any atom is -0.293 e. The summed E-state index contributed by atoms with van der Waals surface area (Å²) in [5.41, 5.74) is 1.41. The Morgan fingerprint density at radius 1 is 1.53 bits per heavy atom. The molecule has 0 saturated carbocycles. The topological polar surface area (TPSA) is 17.1 Å². The highest BCUT2D eigenvalue weighted by Gasteiger charge is 2.17. The van der Waals surface area contributed by atoms with E-state index >= 15 is 0 Å². The van der Waals surface area contributed by atoms with E-state index in [9.17, 15) is 4.79 Å². The predicted molar refractivity (Wildman–Crippen MR) is 63.4 cm³/mol. The first-order chi connectivity index (χ1) is 7.31. The number of thiophene rings is 1. The van der Waals surface area contributed by atoms with Crippen molar-refractivity contribution in [1.29, 1.82) is 0 Å². The Kier molecular flexibility index (Phi) is 3.23. The molecule has 78 valence electrons. The highest BCUT2D eigenvalue weighted by Crippen LogP contribution is 2.31. The fourth-order valence-corrected chi connectivity index (χ4v) is 3.11.